The van der Waals surface area contributed by atoms with Crippen molar-refractivity contribution < 1.29 is 13.2 Å². The average Bonchev–Trinajstić information content (AvgIpc) is 2.26. The zero-order valence-corrected chi connectivity index (χ0v) is 8.62. The van der Waals surface area contributed by atoms with Crippen LogP contribution in [0.3, 0.4) is 0 Å². The van der Waals surface area contributed by atoms with Crippen LogP contribution in [-0.4, -0.2) is 9.97 Å². The summed E-state index contributed by atoms with van der Waals surface area (Å²) in [5.41, 5.74) is 0.300. The molecule has 0 atom stereocenters. The number of aromatic amines is 1. The van der Waals surface area contributed by atoms with Crippen molar-refractivity contribution in [3.8, 4) is 11.3 Å². The smallest absolute Gasteiger partial charge is 0.194 e. The highest BCUT2D eigenvalue weighted by Crippen LogP contribution is 2.22. The van der Waals surface area contributed by atoms with E-state index in [-0.39, 0.29) is 15.9 Å². The molecule has 82 valence electrons. The van der Waals surface area contributed by atoms with Gasteiger partial charge in [-0.25, -0.2) is 13.2 Å². The molecular weight excluding hydrogens is 237 g/mol. The maximum absolute atomic E-state index is 13.0. The molecule has 0 bridgehead atoms. The second-order valence-electron chi connectivity index (χ2n) is 3.02. The molecule has 2 rings (SSSR count). The third-order valence-corrected chi connectivity index (χ3v) is 2.28. The van der Waals surface area contributed by atoms with Crippen LogP contribution in [0.1, 0.15) is 0 Å². The Hall–Kier alpha value is -1.69. The van der Waals surface area contributed by atoms with Gasteiger partial charge >= 0.3 is 0 Å². The zero-order valence-electron chi connectivity index (χ0n) is 7.80. The van der Waals surface area contributed by atoms with Crippen molar-refractivity contribution in [2.75, 3.05) is 0 Å². The van der Waals surface area contributed by atoms with Gasteiger partial charge in [-0.15, -0.1) is 0 Å². The monoisotopic (exact) mass is 242 g/mol. The Labute approximate surface area is 93.8 Å². The Kier molecular flexibility index (Phi) is 2.74. The van der Waals surface area contributed by atoms with Crippen LogP contribution in [0.5, 0.6) is 0 Å². The van der Waals surface area contributed by atoms with Crippen molar-refractivity contribution in [1.82, 2.24) is 9.97 Å². The second-order valence-corrected chi connectivity index (χ2v) is 3.43. The van der Waals surface area contributed by atoms with Gasteiger partial charge in [0.1, 0.15) is 10.3 Å². The van der Waals surface area contributed by atoms with E-state index in [4.69, 9.17) is 12.2 Å². The van der Waals surface area contributed by atoms with Crippen LogP contribution in [0.15, 0.2) is 24.5 Å². The largest absolute Gasteiger partial charge is 0.350 e. The van der Waals surface area contributed by atoms with Gasteiger partial charge in [0.15, 0.2) is 17.5 Å². The summed E-state index contributed by atoms with van der Waals surface area (Å²) >= 11 is 4.90. The summed E-state index contributed by atoms with van der Waals surface area (Å²) < 4.78 is 38.9. The molecule has 0 aliphatic rings. The molecule has 0 saturated carbocycles. The summed E-state index contributed by atoms with van der Waals surface area (Å²) in [5.74, 6) is -4.04. The van der Waals surface area contributed by atoms with Crippen LogP contribution >= 0.6 is 12.2 Å². The minimum Gasteiger partial charge on any atom is -0.350 e. The van der Waals surface area contributed by atoms with Crippen molar-refractivity contribution in [2.45, 2.75) is 0 Å². The number of aromatic nitrogens is 2. The summed E-state index contributed by atoms with van der Waals surface area (Å²) in [5, 5.41) is 0. The van der Waals surface area contributed by atoms with Crippen molar-refractivity contribution in [2.24, 2.45) is 0 Å². The number of H-pyrrole nitrogens is 1. The van der Waals surface area contributed by atoms with Gasteiger partial charge in [0, 0.05) is 18.0 Å². The lowest BCUT2D eigenvalue weighted by molar-refractivity contribution is 0.447. The van der Waals surface area contributed by atoms with Crippen LogP contribution in [0.4, 0.5) is 13.2 Å². The predicted octanol–water partition coefficient (Wildman–Crippen LogP) is 3.22. The summed E-state index contributed by atoms with van der Waals surface area (Å²) in [6, 6.07) is 1.70. The fourth-order valence-corrected chi connectivity index (χ4v) is 1.49. The van der Waals surface area contributed by atoms with Gasteiger partial charge in [0.25, 0.3) is 0 Å². The fraction of sp³-hybridized carbons (Fsp3) is 0. The molecule has 0 unspecified atom stereocenters. The Balaban J connectivity index is 2.67. The quantitative estimate of drug-likeness (QED) is 0.614. The molecule has 16 heavy (non-hydrogen) atoms. The first-order chi connectivity index (χ1) is 7.59. The summed E-state index contributed by atoms with van der Waals surface area (Å²) in [6.45, 7) is 0. The molecule has 6 heteroatoms. The molecule has 0 aliphatic carbocycles. The van der Waals surface area contributed by atoms with Gasteiger partial charge in [0.05, 0.1) is 0 Å². The number of benzene rings is 1. The van der Waals surface area contributed by atoms with Gasteiger partial charge < -0.3 is 4.98 Å². The Bertz CT molecular complexity index is 572. The highest BCUT2D eigenvalue weighted by atomic mass is 32.1. The molecule has 0 saturated heterocycles. The molecule has 0 radical (unpaired) electrons. The highest BCUT2D eigenvalue weighted by molar-refractivity contribution is 7.71. The van der Waals surface area contributed by atoms with Gasteiger partial charge in [0.2, 0.25) is 0 Å². The molecule has 0 spiro atoms. The molecule has 1 aromatic heterocycles. The van der Waals surface area contributed by atoms with E-state index in [2.05, 4.69) is 9.97 Å². The lowest BCUT2D eigenvalue weighted by Gasteiger charge is -2.02. The topological polar surface area (TPSA) is 28.7 Å². The van der Waals surface area contributed by atoms with E-state index < -0.39 is 17.5 Å². The Morgan fingerprint density at radius 2 is 1.75 bits per heavy atom. The van der Waals surface area contributed by atoms with Crippen molar-refractivity contribution in [1.29, 1.82) is 0 Å². The number of hydrogen-bond acceptors (Lipinski definition) is 2. The zero-order chi connectivity index (χ0) is 11.7. The number of hydrogen-bond donors (Lipinski definition) is 1. The molecule has 0 aliphatic heterocycles. The summed E-state index contributed by atoms with van der Waals surface area (Å²) in [4.78, 5) is 6.53. The van der Waals surface area contributed by atoms with E-state index in [0.29, 0.717) is 0 Å². The second kappa shape index (κ2) is 4.05. The first-order valence-electron chi connectivity index (χ1n) is 4.28. The van der Waals surface area contributed by atoms with Gasteiger partial charge in [-0.05, 0) is 12.1 Å². The van der Waals surface area contributed by atoms with E-state index in [9.17, 15) is 13.2 Å². The van der Waals surface area contributed by atoms with Crippen molar-refractivity contribution in [3.63, 3.8) is 0 Å². The maximum Gasteiger partial charge on any atom is 0.194 e. The number of nitrogens with zero attached hydrogens (tertiary/aromatic N) is 1. The first-order valence-corrected chi connectivity index (χ1v) is 4.69. The van der Waals surface area contributed by atoms with Crippen LogP contribution in [0, 0.1) is 22.1 Å². The third kappa shape index (κ3) is 1.83. The molecule has 2 nitrogen and oxygen atoms in total. The number of halogens is 3. The molecule has 1 N–H and O–H groups in total. The first kappa shape index (κ1) is 10.8. The molecule has 0 fully saturated rings. The average molecular weight is 242 g/mol. The minimum atomic E-state index is -1.51. The van der Waals surface area contributed by atoms with E-state index in [1.807, 2.05) is 0 Å². The number of rotatable bonds is 1. The van der Waals surface area contributed by atoms with Crippen molar-refractivity contribution in [3.05, 3.63) is 46.6 Å². The lowest BCUT2D eigenvalue weighted by atomic mass is 10.1. The van der Waals surface area contributed by atoms with E-state index in [1.165, 1.54) is 12.4 Å². The predicted molar refractivity (Wildman–Crippen MR) is 54.7 cm³/mol. The Morgan fingerprint density at radius 3 is 2.31 bits per heavy atom. The lowest BCUT2D eigenvalue weighted by Crippen LogP contribution is -1.94. The van der Waals surface area contributed by atoms with Gasteiger partial charge in [-0.2, -0.15) is 0 Å². The van der Waals surface area contributed by atoms with Gasteiger partial charge in [-0.1, -0.05) is 12.2 Å². The highest BCUT2D eigenvalue weighted by Gasteiger charge is 2.12. The molecule has 1 aromatic carbocycles. The van der Waals surface area contributed by atoms with Crippen LogP contribution in [0.25, 0.3) is 11.3 Å². The van der Waals surface area contributed by atoms with Gasteiger partial charge in [-0.3, -0.25) is 4.98 Å². The van der Waals surface area contributed by atoms with Crippen LogP contribution < -0.4 is 0 Å². The SMILES string of the molecule is Fc1cc(-c2ncc[nH]c2=S)cc(F)c1F. The minimum absolute atomic E-state index is 0.0956. The third-order valence-electron chi connectivity index (χ3n) is 1.96. The maximum atomic E-state index is 13.0. The van der Waals surface area contributed by atoms with Crippen LogP contribution in [0.2, 0.25) is 0 Å². The molecule has 0 amide bonds. The fourth-order valence-electron chi connectivity index (χ4n) is 1.25. The van der Waals surface area contributed by atoms with E-state index in [0.717, 1.165) is 12.1 Å². The molecular formula is C10H5F3N2S. The molecule has 1 heterocycles. The Morgan fingerprint density at radius 1 is 1.12 bits per heavy atom. The standard InChI is InChI=1S/C10H5F3N2S/c11-6-3-5(4-7(12)8(6)13)9-10(16)15-2-1-14-9/h1-4H,(H,15,16). The molecule has 2 aromatic rings. The summed E-state index contributed by atoms with van der Waals surface area (Å²) in [6.07, 6.45) is 2.88. The summed E-state index contributed by atoms with van der Waals surface area (Å²) in [7, 11) is 0. The van der Waals surface area contributed by atoms with E-state index >= 15 is 0 Å². The van der Waals surface area contributed by atoms with Crippen molar-refractivity contribution >= 4 is 12.2 Å². The van der Waals surface area contributed by atoms with E-state index in [1.54, 1.807) is 0 Å². The van der Waals surface area contributed by atoms with Crippen LogP contribution in [-0.2, 0) is 0 Å². The normalized spacial score (nSPS) is 10.4. The number of nitrogens with one attached hydrogen (secondary N) is 1.